The van der Waals surface area contributed by atoms with Crippen molar-refractivity contribution in [1.82, 2.24) is 0 Å². The van der Waals surface area contributed by atoms with Crippen molar-refractivity contribution in [3.8, 4) is 22.3 Å². The number of benzene rings is 4. The Labute approximate surface area is 334 Å². The summed E-state index contributed by atoms with van der Waals surface area (Å²) >= 11 is 1.36. The van der Waals surface area contributed by atoms with E-state index in [1.54, 1.807) is 0 Å². The Kier molecular flexibility index (Phi) is 18.2. The van der Waals surface area contributed by atoms with Crippen LogP contribution >= 0.6 is 24.8 Å². The van der Waals surface area contributed by atoms with Gasteiger partial charge in [0, 0.05) is 0 Å². The predicted octanol–water partition coefficient (Wildman–Crippen LogP) is 14.3. The summed E-state index contributed by atoms with van der Waals surface area (Å²) in [5.41, 5.74) is 12.7. The Morgan fingerprint density at radius 3 is 1.42 bits per heavy atom. The van der Waals surface area contributed by atoms with Gasteiger partial charge in [0.05, 0.1) is 0 Å². The second-order valence-electron chi connectivity index (χ2n) is 15.7. The fourth-order valence-electron chi connectivity index (χ4n) is 6.06. The molecule has 50 heavy (non-hydrogen) atoms. The molecule has 2 radical (unpaired) electrons. The first-order valence-corrected chi connectivity index (χ1v) is 20.5. The average molecular weight is 801 g/mol. The van der Waals surface area contributed by atoms with Crippen molar-refractivity contribution in [2.24, 2.45) is 0 Å². The molecule has 0 N–H and O–H groups in total. The summed E-state index contributed by atoms with van der Waals surface area (Å²) in [5, 5.41) is 5.45. The Morgan fingerprint density at radius 1 is 0.520 bits per heavy atom. The van der Waals surface area contributed by atoms with Gasteiger partial charge in [-0.15, -0.1) is 93.4 Å². The maximum absolute atomic E-state index is 3.06. The number of halogens is 2. The van der Waals surface area contributed by atoms with Gasteiger partial charge in [-0.05, 0) is 38.5 Å². The van der Waals surface area contributed by atoms with Gasteiger partial charge in [-0.3, -0.25) is 0 Å². The Bertz CT molecular complexity index is 1920. The van der Waals surface area contributed by atoms with E-state index in [0.29, 0.717) is 0 Å². The van der Waals surface area contributed by atoms with Gasteiger partial charge in [0.15, 0.2) is 0 Å². The molecule has 0 saturated carbocycles. The van der Waals surface area contributed by atoms with Crippen molar-refractivity contribution in [2.75, 3.05) is 0 Å². The maximum atomic E-state index is 3.06. The first kappa shape index (κ1) is 47.8. The molecule has 0 aliphatic carbocycles. The number of hydrogen-bond acceptors (Lipinski definition) is 0. The van der Waals surface area contributed by atoms with Crippen LogP contribution in [0.2, 0.25) is 0 Å². The van der Waals surface area contributed by atoms with E-state index in [1.165, 1.54) is 95.0 Å². The van der Waals surface area contributed by atoms with E-state index in [-0.39, 0.29) is 55.9 Å². The van der Waals surface area contributed by atoms with Crippen LogP contribution in [0.5, 0.6) is 0 Å². The van der Waals surface area contributed by atoms with Crippen molar-refractivity contribution in [1.29, 1.82) is 0 Å². The average Bonchev–Trinajstić information content (AvgIpc) is 3.63. The molecule has 0 amide bonds. The van der Waals surface area contributed by atoms with Crippen molar-refractivity contribution in [3.05, 3.63) is 146 Å². The first-order valence-electron chi connectivity index (χ1n) is 16.4. The molecular formula is C46H58Cl2SiZr-4. The third-order valence-corrected chi connectivity index (χ3v) is 8.99. The SMILES string of the molecule is CC(C)(C)c1ccc(-c2cccc3[cH-]c(C(C)(C)C)cc23)cc1.Cc1cc2c(-c3ccc(C(C)(C)C)cc3)ccc(C)c2[cH-]1.Cl.Cl.[CH3-].[CH3-].[Si]=[Zr]. The van der Waals surface area contributed by atoms with Crippen molar-refractivity contribution >= 4 is 53.2 Å². The summed E-state index contributed by atoms with van der Waals surface area (Å²) in [5.74, 6) is 0. The van der Waals surface area contributed by atoms with E-state index in [2.05, 4.69) is 186 Å². The molecule has 0 aliphatic heterocycles. The van der Waals surface area contributed by atoms with Gasteiger partial charge in [-0.2, -0.15) is 12.1 Å². The first-order chi connectivity index (χ1) is 21.5. The minimum atomic E-state index is 0. The van der Waals surface area contributed by atoms with E-state index in [4.69, 9.17) is 0 Å². The standard InChI is InChI=1S/C23H27.C21H23.2CH3.2ClH.Si.Zr/c1-22(2,3)18-12-10-16(11-13-18)20-9-7-8-17-14-19(15-21(17)20)23(4,5)6;1-14-12-19-15(2)6-11-18(20(19)13-14)16-7-9-17(10-8-16)21(3,4)5;;;;;;/h7-15H,1-6H3;6-13H,1-5H3;2*1H3;2*1H;;/q4*-1;;;;. The summed E-state index contributed by atoms with van der Waals surface area (Å²) in [7, 11) is 0. The molecule has 6 aromatic carbocycles. The molecule has 4 heteroatoms. The van der Waals surface area contributed by atoms with Gasteiger partial charge in [-0.25, -0.2) is 0 Å². The van der Waals surface area contributed by atoms with Crippen LogP contribution in [0.1, 0.15) is 90.1 Å². The number of hydrogen-bond donors (Lipinski definition) is 0. The van der Waals surface area contributed by atoms with Crippen LogP contribution in [0.25, 0.3) is 43.8 Å². The van der Waals surface area contributed by atoms with E-state index >= 15 is 0 Å². The molecule has 6 aromatic rings. The molecule has 0 nitrogen and oxygen atoms in total. The molecule has 268 valence electrons. The van der Waals surface area contributed by atoms with Crippen LogP contribution in [0.15, 0.2) is 103 Å². The molecule has 0 fully saturated rings. The van der Waals surface area contributed by atoms with Crippen molar-refractivity contribution in [2.45, 2.75) is 92.4 Å². The topological polar surface area (TPSA) is 0 Å². The van der Waals surface area contributed by atoms with Gasteiger partial charge in [0.25, 0.3) is 0 Å². The number of rotatable bonds is 2. The van der Waals surface area contributed by atoms with Crippen LogP contribution in [0.3, 0.4) is 0 Å². The van der Waals surface area contributed by atoms with E-state index in [9.17, 15) is 0 Å². The van der Waals surface area contributed by atoms with Crippen LogP contribution in [-0.2, 0) is 39.6 Å². The summed E-state index contributed by atoms with van der Waals surface area (Å²) in [6, 6.07) is 38.5. The van der Waals surface area contributed by atoms with Gasteiger partial charge in [0.1, 0.15) is 0 Å². The molecule has 0 aliphatic rings. The van der Waals surface area contributed by atoms with E-state index < -0.39 is 0 Å². The van der Waals surface area contributed by atoms with Crippen molar-refractivity contribution in [3.63, 3.8) is 0 Å². The van der Waals surface area contributed by atoms with Crippen LogP contribution in [0.4, 0.5) is 0 Å². The summed E-state index contributed by atoms with van der Waals surface area (Å²) in [6.07, 6.45) is 0. The Balaban J connectivity index is 0.000000853. The van der Waals surface area contributed by atoms with Gasteiger partial charge in [-0.1, -0.05) is 148 Å². The minimum absolute atomic E-state index is 0. The molecule has 0 heterocycles. The quantitative estimate of drug-likeness (QED) is 0.121. The summed E-state index contributed by atoms with van der Waals surface area (Å²) in [6.45, 7) is 27.8. The van der Waals surface area contributed by atoms with E-state index in [0.717, 1.165) is 0 Å². The molecule has 6 rings (SSSR count). The fraction of sp³-hybridized carbons (Fsp3) is 0.304. The third kappa shape index (κ3) is 11.1. The molecule has 0 spiro atoms. The van der Waals surface area contributed by atoms with Gasteiger partial charge in [0.2, 0.25) is 0 Å². The Morgan fingerprint density at radius 2 is 0.980 bits per heavy atom. The zero-order chi connectivity index (χ0) is 34.0. The third-order valence-electron chi connectivity index (χ3n) is 8.99. The zero-order valence-electron chi connectivity index (χ0n) is 32.6. The van der Waals surface area contributed by atoms with Gasteiger partial charge >= 0.3 is 30.2 Å². The summed E-state index contributed by atoms with van der Waals surface area (Å²) < 4.78 is 0. The molecule has 0 saturated heterocycles. The number of aryl methyl sites for hydroxylation is 2. The zero-order valence-corrected chi connectivity index (χ0v) is 37.7. The van der Waals surface area contributed by atoms with E-state index in [1.807, 2.05) is 0 Å². The van der Waals surface area contributed by atoms with Crippen LogP contribution in [0, 0.1) is 28.7 Å². The van der Waals surface area contributed by atoms with Gasteiger partial charge < -0.3 is 14.9 Å². The number of fused-ring (bicyclic) bond motifs is 2. The molecule has 0 bridgehead atoms. The molecule has 0 unspecified atom stereocenters. The normalized spacial score (nSPS) is 11.0. The molecular weight excluding hydrogens is 743 g/mol. The predicted molar refractivity (Wildman–Crippen MR) is 229 cm³/mol. The molecule has 0 aromatic heterocycles. The fourth-order valence-corrected chi connectivity index (χ4v) is 6.06. The summed E-state index contributed by atoms with van der Waals surface area (Å²) in [4.78, 5) is 0. The molecule has 0 atom stereocenters. The second kappa shape index (κ2) is 19.0. The Hall–Kier alpha value is -2.22. The van der Waals surface area contributed by atoms with Crippen molar-refractivity contribution < 1.29 is 23.3 Å². The van der Waals surface area contributed by atoms with Crippen LogP contribution in [-0.4, -0.2) is 6.88 Å². The monoisotopic (exact) mass is 798 g/mol. The second-order valence-corrected chi connectivity index (χ2v) is 15.7. The van der Waals surface area contributed by atoms with Crippen LogP contribution < -0.4 is 0 Å².